The van der Waals surface area contributed by atoms with Gasteiger partial charge in [0.1, 0.15) is 5.75 Å². The number of ether oxygens (including phenoxy) is 1. The van der Waals surface area contributed by atoms with Crippen LogP contribution in [0.25, 0.3) is 0 Å². The first kappa shape index (κ1) is 13.7. The van der Waals surface area contributed by atoms with Crippen molar-refractivity contribution in [2.45, 2.75) is 26.8 Å². The Balaban J connectivity index is 2.12. The van der Waals surface area contributed by atoms with Gasteiger partial charge in [-0.3, -0.25) is 4.99 Å². The van der Waals surface area contributed by atoms with Crippen molar-refractivity contribution in [1.82, 2.24) is 4.90 Å². The summed E-state index contributed by atoms with van der Waals surface area (Å²) in [6.45, 7) is 8.75. The monoisotopic (exact) mass is 261 g/mol. The van der Waals surface area contributed by atoms with Gasteiger partial charge in [0.15, 0.2) is 5.96 Å². The molecule has 19 heavy (non-hydrogen) atoms. The van der Waals surface area contributed by atoms with E-state index in [0.717, 1.165) is 18.8 Å². The van der Waals surface area contributed by atoms with Crippen LogP contribution in [0.4, 0.5) is 0 Å². The predicted molar refractivity (Wildman–Crippen MR) is 78.4 cm³/mol. The molecule has 104 valence electrons. The Morgan fingerprint density at radius 1 is 1.37 bits per heavy atom. The molecule has 0 radical (unpaired) electrons. The zero-order valence-electron chi connectivity index (χ0n) is 12.0. The first-order valence-electron chi connectivity index (χ1n) is 6.91. The highest BCUT2D eigenvalue weighted by Gasteiger charge is 2.27. The van der Waals surface area contributed by atoms with Gasteiger partial charge in [0.2, 0.25) is 0 Å². The Hall–Kier alpha value is -1.71. The molecule has 0 bridgehead atoms. The van der Waals surface area contributed by atoms with E-state index in [-0.39, 0.29) is 6.04 Å². The average molecular weight is 261 g/mol. The fraction of sp³-hybridized carbons (Fsp3) is 0.533. The average Bonchev–Trinajstić information content (AvgIpc) is 2.72. The van der Waals surface area contributed by atoms with E-state index in [4.69, 9.17) is 10.5 Å². The van der Waals surface area contributed by atoms with Crippen molar-refractivity contribution in [3.05, 3.63) is 29.8 Å². The van der Waals surface area contributed by atoms with Crippen LogP contribution in [0.2, 0.25) is 0 Å². The van der Waals surface area contributed by atoms with Gasteiger partial charge >= 0.3 is 0 Å². The number of benzene rings is 1. The number of hydrogen-bond donors (Lipinski definition) is 1. The van der Waals surface area contributed by atoms with Gasteiger partial charge in [-0.15, -0.1) is 0 Å². The van der Waals surface area contributed by atoms with Crippen molar-refractivity contribution in [3.8, 4) is 5.75 Å². The van der Waals surface area contributed by atoms with Crippen LogP contribution in [-0.4, -0.2) is 30.6 Å². The molecule has 2 N–H and O–H groups in total. The third-order valence-electron chi connectivity index (χ3n) is 3.23. The number of nitrogens with two attached hydrogens (primary N) is 1. The van der Waals surface area contributed by atoms with Gasteiger partial charge in [-0.25, -0.2) is 0 Å². The van der Waals surface area contributed by atoms with Gasteiger partial charge in [-0.1, -0.05) is 26.0 Å². The summed E-state index contributed by atoms with van der Waals surface area (Å²) >= 11 is 0. The molecule has 0 amide bonds. The van der Waals surface area contributed by atoms with Crippen LogP contribution in [0.5, 0.6) is 5.75 Å². The highest BCUT2D eigenvalue weighted by molar-refractivity contribution is 5.80. The molecule has 0 saturated heterocycles. The summed E-state index contributed by atoms with van der Waals surface area (Å²) in [4.78, 5) is 6.57. The third-order valence-corrected chi connectivity index (χ3v) is 3.23. The van der Waals surface area contributed by atoms with E-state index < -0.39 is 0 Å². The molecule has 1 aliphatic heterocycles. The summed E-state index contributed by atoms with van der Waals surface area (Å²) in [6.07, 6.45) is 0. The van der Waals surface area contributed by atoms with E-state index in [2.05, 4.69) is 35.9 Å². The van der Waals surface area contributed by atoms with Gasteiger partial charge in [0.25, 0.3) is 0 Å². The molecule has 0 saturated carbocycles. The van der Waals surface area contributed by atoms with E-state index in [9.17, 15) is 0 Å². The quantitative estimate of drug-likeness (QED) is 0.885. The summed E-state index contributed by atoms with van der Waals surface area (Å²) in [6, 6.07) is 8.51. The lowest BCUT2D eigenvalue weighted by Gasteiger charge is -2.28. The molecule has 4 heteroatoms. The Labute approximate surface area is 115 Å². The molecule has 2 rings (SSSR count). The fourth-order valence-corrected chi connectivity index (χ4v) is 2.38. The van der Waals surface area contributed by atoms with Crippen molar-refractivity contribution >= 4 is 5.96 Å². The second kappa shape index (κ2) is 5.95. The third kappa shape index (κ3) is 3.19. The van der Waals surface area contributed by atoms with Gasteiger partial charge < -0.3 is 15.4 Å². The van der Waals surface area contributed by atoms with E-state index in [1.54, 1.807) is 0 Å². The van der Waals surface area contributed by atoms with Crippen LogP contribution < -0.4 is 10.5 Å². The number of hydrogen-bond acceptors (Lipinski definition) is 4. The smallest absolute Gasteiger partial charge is 0.191 e. The minimum atomic E-state index is 0.262. The minimum absolute atomic E-state index is 0.262. The lowest BCUT2D eigenvalue weighted by atomic mass is 10.0. The van der Waals surface area contributed by atoms with Crippen molar-refractivity contribution in [2.24, 2.45) is 16.6 Å². The topological polar surface area (TPSA) is 50.9 Å². The van der Waals surface area contributed by atoms with E-state index in [0.29, 0.717) is 18.5 Å². The molecule has 4 nitrogen and oxygen atoms in total. The van der Waals surface area contributed by atoms with Gasteiger partial charge in [0, 0.05) is 6.54 Å². The molecule has 1 atom stereocenters. The standard InChI is InChI=1S/C15H23N3O/c1-4-19-13-7-5-12(6-8-13)14-9-17-15(16)18(14)10-11(2)3/h5-8,11,14H,4,9-10H2,1-3H3,(H2,16,17). The van der Waals surface area contributed by atoms with E-state index in [1.165, 1.54) is 5.56 Å². The molecular formula is C15H23N3O. The van der Waals surface area contributed by atoms with Gasteiger partial charge in [-0.05, 0) is 30.5 Å². The van der Waals surface area contributed by atoms with E-state index >= 15 is 0 Å². The van der Waals surface area contributed by atoms with Crippen molar-refractivity contribution in [3.63, 3.8) is 0 Å². The highest BCUT2D eigenvalue weighted by atomic mass is 16.5. The molecule has 1 aromatic rings. The molecule has 1 unspecified atom stereocenters. The molecular weight excluding hydrogens is 238 g/mol. The van der Waals surface area contributed by atoms with Crippen LogP contribution in [0, 0.1) is 5.92 Å². The van der Waals surface area contributed by atoms with Crippen molar-refractivity contribution < 1.29 is 4.74 Å². The fourth-order valence-electron chi connectivity index (χ4n) is 2.38. The Morgan fingerprint density at radius 3 is 2.63 bits per heavy atom. The Kier molecular flexibility index (Phi) is 4.30. The Morgan fingerprint density at radius 2 is 2.05 bits per heavy atom. The van der Waals surface area contributed by atoms with Crippen molar-refractivity contribution in [1.29, 1.82) is 0 Å². The number of guanidine groups is 1. The SMILES string of the molecule is CCOc1ccc(C2CN=C(N)N2CC(C)C)cc1. The highest BCUT2D eigenvalue weighted by Crippen LogP contribution is 2.27. The molecule has 1 aliphatic rings. The number of aliphatic imine (C=N–C) groups is 1. The molecule has 1 heterocycles. The van der Waals surface area contributed by atoms with Crippen LogP contribution in [0.1, 0.15) is 32.4 Å². The second-order valence-electron chi connectivity index (χ2n) is 5.26. The normalized spacial score (nSPS) is 18.8. The molecule has 0 aliphatic carbocycles. The molecule has 0 fully saturated rings. The first-order valence-corrected chi connectivity index (χ1v) is 6.91. The molecule has 0 spiro atoms. The van der Waals surface area contributed by atoms with Crippen LogP contribution >= 0.6 is 0 Å². The maximum Gasteiger partial charge on any atom is 0.191 e. The van der Waals surface area contributed by atoms with Gasteiger partial charge in [0.05, 0.1) is 19.2 Å². The number of rotatable bonds is 5. The summed E-state index contributed by atoms with van der Waals surface area (Å²) in [5.41, 5.74) is 7.23. The first-order chi connectivity index (χ1) is 9.11. The maximum atomic E-state index is 5.98. The molecule has 0 aromatic heterocycles. The maximum absolute atomic E-state index is 5.98. The lowest BCUT2D eigenvalue weighted by Crippen LogP contribution is -2.38. The lowest BCUT2D eigenvalue weighted by molar-refractivity contribution is 0.308. The Bertz CT molecular complexity index is 439. The van der Waals surface area contributed by atoms with Gasteiger partial charge in [-0.2, -0.15) is 0 Å². The summed E-state index contributed by atoms with van der Waals surface area (Å²) in [5, 5.41) is 0. The number of nitrogens with zero attached hydrogens (tertiary/aromatic N) is 2. The van der Waals surface area contributed by atoms with Crippen LogP contribution in [-0.2, 0) is 0 Å². The van der Waals surface area contributed by atoms with Crippen LogP contribution in [0.3, 0.4) is 0 Å². The predicted octanol–water partition coefficient (Wildman–Crippen LogP) is 2.41. The summed E-state index contributed by atoms with van der Waals surface area (Å²) in [7, 11) is 0. The summed E-state index contributed by atoms with van der Waals surface area (Å²) < 4.78 is 5.47. The minimum Gasteiger partial charge on any atom is -0.494 e. The summed E-state index contributed by atoms with van der Waals surface area (Å²) in [5.74, 6) is 2.14. The van der Waals surface area contributed by atoms with Crippen LogP contribution in [0.15, 0.2) is 29.3 Å². The zero-order chi connectivity index (χ0) is 13.8. The van der Waals surface area contributed by atoms with Crippen molar-refractivity contribution in [2.75, 3.05) is 19.7 Å². The second-order valence-corrected chi connectivity index (χ2v) is 5.26. The van der Waals surface area contributed by atoms with E-state index in [1.807, 2.05) is 19.1 Å². The molecule has 1 aromatic carbocycles. The zero-order valence-corrected chi connectivity index (χ0v) is 12.0. The largest absolute Gasteiger partial charge is 0.494 e.